The molecule has 1 aliphatic heterocycles. The van der Waals surface area contributed by atoms with Crippen LogP contribution in [0.5, 0.6) is 0 Å². The fourth-order valence-corrected chi connectivity index (χ4v) is 2.84. The Kier molecular flexibility index (Phi) is 3.36. The van der Waals surface area contributed by atoms with E-state index < -0.39 is 0 Å². The van der Waals surface area contributed by atoms with Crippen LogP contribution in [0.3, 0.4) is 0 Å². The van der Waals surface area contributed by atoms with Crippen molar-refractivity contribution < 1.29 is 0 Å². The highest BCUT2D eigenvalue weighted by atomic mass is 14.9. The molecule has 0 saturated heterocycles. The Labute approximate surface area is 124 Å². The molecule has 0 atom stereocenters. The maximum Gasteiger partial charge on any atom is 0.142 e. The van der Waals surface area contributed by atoms with Crippen molar-refractivity contribution in [2.75, 3.05) is 12.3 Å². The molecule has 3 N–H and O–H groups in total. The van der Waals surface area contributed by atoms with E-state index in [1.807, 2.05) is 0 Å². The molecule has 0 bridgehead atoms. The summed E-state index contributed by atoms with van der Waals surface area (Å²) in [5.74, 6) is 0.339. The number of rotatable bonds is 1. The minimum Gasteiger partial charge on any atom is -0.383 e. The summed E-state index contributed by atoms with van der Waals surface area (Å²) in [5, 5.41) is 12.9. The second-order valence-electron chi connectivity index (χ2n) is 5.51. The van der Waals surface area contributed by atoms with Gasteiger partial charge in [0.05, 0.1) is 0 Å². The van der Waals surface area contributed by atoms with Gasteiger partial charge in [0, 0.05) is 30.8 Å². The van der Waals surface area contributed by atoms with Crippen LogP contribution in [-0.4, -0.2) is 11.5 Å². The van der Waals surface area contributed by atoms with E-state index in [4.69, 9.17) is 5.73 Å². The van der Waals surface area contributed by atoms with Gasteiger partial charge in [-0.3, -0.25) is 0 Å². The molecular weight excluding hydrogens is 260 g/mol. The minimum absolute atomic E-state index is 0.339. The Hall–Kier alpha value is -2.38. The van der Waals surface area contributed by atoms with Crippen LogP contribution in [0.1, 0.15) is 27.9 Å². The van der Waals surface area contributed by atoms with Gasteiger partial charge in [0.2, 0.25) is 0 Å². The van der Waals surface area contributed by atoms with E-state index in [-0.39, 0.29) is 0 Å². The molecular formula is C17H18N4. The Morgan fingerprint density at radius 2 is 2.10 bits per heavy atom. The molecule has 4 nitrogen and oxygen atoms in total. The van der Waals surface area contributed by atoms with E-state index in [2.05, 4.69) is 48.4 Å². The van der Waals surface area contributed by atoms with Gasteiger partial charge in [-0.25, -0.2) is 4.98 Å². The number of benzene rings is 1. The number of nitriles is 1. The van der Waals surface area contributed by atoms with Crippen molar-refractivity contribution in [3.8, 4) is 17.2 Å². The van der Waals surface area contributed by atoms with Crippen molar-refractivity contribution in [3.05, 3.63) is 46.1 Å². The summed E-state index contributed by atoms with van der Waals surface area (Å²) in [6.45, 7) is 5.81. The number of nitrogens with two attached hydrogens (primary N) is 1. The summed E-state index contributed by atoms with van der Waals surface area (Å²) in [7, 11) is 0. The minimum atomic E-state index is 0.339. The summed E-state index contributed by atoms with van der Waals surface area (Å²) in [6.07, 6.45) is 0.850. The second kappa shape index (κ2) is 5.19. The summed E-state index contributed by atoms with van der Waals surface area (Å²) < 4.78 is 0. The van der Waals surface area contributed by atoms with Gasteiger partial charge in [0.1, 0.15) is 17.5 Å². The van der Waals surface area contributed by atoms with Gasteiger partial charge in [0.25, 0.3) is 0 Å². The van der Waals surface area contributed by atoms with Crippen molar-refractivity contribution in [3.63, 3.8) is 0 Å². The number of nitrogens with zero attached hydrogens (tertiary/aromatic N) is 2. The molecule has 21 heavy (non-hydrogen) atoms. The summed E-state index contributed by atoms with van der Waals surface area (Å²) in [5.41, 5.74) is 13.1. The smallest absolute Gasteiger partial charge is 0.142 e. The predicted octanol–water partition coefficient (Wildman–Crippen LogP) is 2.47. The van der Waals surface area contributed by atoms with Crippen LogP contribution in [0.25, 0.3) is 11.1 Å². The monoisotopic (exact) mass is 278 g/mol. The summed E-state index contributed by atoms with van der Waals surface area (Å²) >= 11 is 0. The lowest BCUT2D eigenvalue weighted by molar-refractivity contribution is 0.632. The number of fused-ring (bicyclic) bond motifs is 1. The number of aryl methyl sites for hydroxylation is 2. The first-order valence-electron chi connectivity index (χ1n) is 7.11. The molecule has 106 valence electrons. The lowest BCUT2D eigenvalue weighted by Gasteiger charge is -2.22. The molecule has 0 amide bonds. The van der Waals surface area contributed by atoms with Gasteiger partial charge in [-0.2, -0.15) is 5.26 Å². The summed E-state index contributed by atoms with van der Waals surface area (Å²) in [6, 6.07) is 8.51. The van der Waals surface area contributed by atoms with Crippen LogP contribution < -0.4 is 11.1 Å². The molecule has 0 radical (unpaired) electrons. The van der Waals surface area contributed by atoms with E-state index in [1.165, 1.54) is 11.1 Å². The third-order valence-electron chi connectivity index (χ3n) is 4.16. The van der Waals surface area contributed by atoms with Crippen LogP contribution >= 0.6 is 0 Å². The fraction of sp³-hybridized carbons (Fsp3) is 0.294. The van der Waals surface area contributed by atoms with Crippen LogP contribution in [0.2, 0.25) is 0 Å². The molecule has 0 spiro atoms. The number of hydrogen-bond donors (Lipinski definition) is 2. The molecule has 4 heteroatoms. The van der Waals surface area contributed by atoms with Crippen molar-refractivity contribution >= 4 is 5.82 Å². The van der Waals surface area contributed by atoms with Gasteiger partial charge in [0.15, 0.2) is 0 Å². The number of anilines is 1. The first-order valence-corrected chi connectivity index (χ1v) is 7.11. The number of nitrogen functional groups attached to an aromatic ring is 1. The Bertz CT molecular complexity index is 756. The second-order valence-corrected chi connectivity index (χ2v) is 5.51. The molecule has 0 fully saturated rings. The fourth-order valence-electron chi connectivity index (χ4n) is 2.84. The van der Waals surface area contributed by atoms with Crippen molar-refractivity contribution in [2.24, 2.45) is 0 Å². The average Bonchev–Trinajstić information content (AvgIpc) is 2.48. The third kappa shape index (κ3) is 2.26. The lowest BCUT2D eigenvalue weighted by atomic mass is 9.90. The van der Waals surface area contributed by atoms with E-state index in [0.717, 1.165) is 41.9 Å². The molecule has 0 aliphatic carbocycles. The number of aromatic nitrogens is 1. The maximum atomic E-state index is 9.50. The highest BCUT2D eigenvalue weighted by Gasteiger charge is 2.21. The molecule has 2 heterocycles. The van der Waals surface area contributed by atoms with Gasteiger partial charge in [-0.05, 0) is 36.1 Å². The van der Waals surface area contributed by atoms with E-state index >= 15 is 0 Å². The predicted molar refractivity (Wildman–Crippen MR) is 83.7 cm³/mol. The lowest BCUT2D eigenvalue weighted by Crippen LogP contribution is -2.26. The zero-order chi connectivity index (χ0) is 15.0. The third-order valence-corrected chi connectivity index (χ3v) is 4.16. The Morgan fingerprint density at radius 3 is 2.81 bits per heavy atom. The van der Waals surface area contributed by atoms with Crippen LogP contribution in [0.4, 0.5) is 5.82 Å². The highest BCUT2D eigenvalue weighted by molar-refractivity contribution is 5.79. The average molecular weight is 278 g/mol. The molecule has 2 aromatic rings. The molecule has 0 unspecified atom stereocenters. The number of hydrogen-bond acceptors (Lipinski definition) is 4. The quantitative estimate of drug-likeness (QED) is 0.840. The molecule has 1 aliphatic rings. The topological polar surface area (TPSA) is 74.7 Å². The van der Waals surface area contributed by atoms with Crippen molar-refractivity contribution in [1.29, 1.82) is 5.26 Å². The number of pyridine rings is 1. The first kappa shape index (κ1) is 13.6. The zero-order valence-corrected chi connectivity index (χ0v) is 12.3. The van der Waals surface area contributed by atoms with Gasteiger partial charge in [-0.1, -0.05) is 18.2 Å². The van der Waals surface area contributed by atoms with E-state index in [0.29, 0.717) is 11.4 Å². The molecule has 3 rings (SSSR count). The van der Waals surface area contributed by atoms with Crippen molar-refractivity contribution in [1.82, 2.24) is 10.3 Å². The SMILES string of the molecule is Cc1ccc(-c2c(C#N)c(N)nc3c2CNCC3)cc1C. The van der Waals surface area contributed by atoms with Gasteiger partial charge in [-0.15, -0.1) is 0 Å². The summed E-state index contributed by atoms with van der Waals surface area (Å²) in [4.78, 5) is 4.43. The zero-order valence-electron chi connectivity index (χ0n) is 12.3. The Balaban J connectivity index is 2.31. The normalized spacial score (nSPS) is 13.6. The van der Waals surface area contributed by atoms with E-state index in [9.17, 15) is 5.26 Å². The van der Waals surface area contributed by atoms with Crippen LogP contribution in [-0.2, 0) is 13.0 Å². The molecule has 1 aromatic heterocycles. The van der Waals surface area contributed by atoms with Crippen LogP contribution in [0.15, 0.2) is 18.2 Å². The van der Waals surface area contributed by atoms with Gasteiger partial charge >= 0.3 is 0 Å². The number of nitrogens with one attached hydrogen (secondary N) is 1. The van der Waals surface area contributed by atoms with Crippen LogP contribution in [0, 0.1) is 25.2 Å². The van der Waals surface area contributed by atoms with Gasteiger partial charge < -0.3 is 11.1 Å². The largest absolute Gasteiger partial charge is 0.383 e. The van der Waals surface area contributed by atoms with E-state index in [1.54, 1.807) is 0 Å². The molecule has 1 aromatic carbocycles. The molecule has 0 saturated carbocycles. The Morgan fingerprint density at radius 1 is 1.29 bits per heavy atom. The first-order chi connectivity index (χ1) is 10.1. The standard InChI is InChI=1S/C17H18N4/c1-10-3-4-12(7-11(10)2)16-13(8-18)17(19)21-15-5-6-20-9-14(15)16/h3-4,7,20H,5-6,9H2,1-2H3,(H2,19,21). The maximum absolute atomic E-state index is 9.50. The van der Waals surface area contributed by atoms with Crippen molar-refractivity contribution in [2.45, 2.75) is 26.8 Å². The highest BCUT2D eigenvalue weighted by Crippen LogP contribution is 2.34.